The summed E-state index contributed by atoms with van der Waals surface area (Å²) in [6.07, 6.45) is 2.09. The average Bonchev–Trinajstić information content (AvgIpc) is 2.54. The Morgan fingerprint density at radius 1 is 0.957 bits per heavy atom. The fourth-order valence-electron chi connectivity index (χ4n) is 4.38. The van der Waals surface area contributed by atoms with E-state index in [0.717, 1.165) is 52.7 Å². The van der Waals surface area contributed by atoms with Gasteiger partial charge in [-0.05, 0) is 31.5 Å². The molecule has 0 saturated carbocycles. The number of rotatable bonds is 5. The summed E-state index contributed by atoms with van der Waals surface area (Å²) >= 11 is 0. The van der Waals surface area contributed by atoms with Crippen molar-refractivity contribution in [3.63, 3.8) is 0 Å². The third-order valence-electron chi connectivity index (χ3n) is 5.26. The van der Waals surface area contributed by atoms with Gasteiger partial charge in [0.2, 0.25) is 0 Å². The SMILES string of the molecule is CCN(CC)c1ccc(C=NC23CN4CN(CN(C4)C2)C3)cc1. The molecule has 4 saturated heterocycles. The number of nitrogens with zero attached hydrogens (tertiary/aromatic N) is 5. The Morgan fingerprint density at radius 3 is 1.96 bits per heavy atom. The van der Waals surface area contributed by atoms with E-state index in [-0.39, 0.29) is 5.54 Å². The maximum Gasteiger partial charge on any atom is 0.0989 e. The highest BCUT2D eigenvalue weighted by Crippen LogP contribution is 2.31. The largest absolute Gasteiger partial charge is 0.372 e. The third kappa shape index (κ3) is 2.89. The molecular weight excluding hydrogens is 286 g/mol. The molecule has 0 aromatic heterocycles. The van der Waals surface area contributed by atoms with Crippen LogP contribution in [0.15, 0.2) is 29.3 Å². The van der Waals surface area contributed by atoms with E-state index in [1.165, 1.54) is 11.3 Å². The molecule has 0 radical (unpaired) electrons. The van der Waals surface area contributed by atoms with Gasteiger partial charge in [-0.1, -0.05) is 12.1 Å². The van der Waals surface area contributed by atoms with Crippen LogP contribution in [0.3, 0.4) is 0 Å². The van der Waals surface area contributed by atoms with Gasteiger partial charge in [0.05, 0.1) is 25.5 Å². The third-order valence-corrected chi connectivity index (χ3v) is 5.26. The number of anilines is 1. The molecule has 0 atom stereocenters. The molecule has 4 bridgehead atoms. The quantitative estimate of drug-likeness (QED) is 0.770. The van der Waals surface area contributed by atoms with E-state index in [4.69, 9.17) is 4.99 Å². The van der Waals surface area contributed by atoms with E-state index in [0.29, 0.717) is 0 Å². The zero-order valence-electron chi connectivity index (χ0n) is 14.3. The lowest BCUT2D eigenvalue weighted by molar-refractivity contribution is -0.139. The first-order chi connectivity index (χ1) is 11.2. The zero-order chi connectivity index (χ0) is 15.9. The minimum Gasteiger partial charge on any atom is -0.372 e. The van der Waals surface area contributed by atoms with Crippen LogP contribution in [0.1, 0.15) is 19.4 Å². The molecule has 5 rings (SSSR count). The van der Waals surface area contributed by atoms with Crippen LogP contribution in [0, 0.1) is 0 Å². The fourth-order valence-corrected chi connectivity index (χ4v) is 4.38. The van der Waals surface area contributed by atoms with Crippen molar-refractivity contribution in [2.75, 3.05) is 57.6 Å². The van der Waals surface area contributed by atoms with Crippen molar-refractivity contribution >= 4 is 11.9 Å². The van der Waals surface area contributed by atoms with Crippen molar-refractivity contribution in [3.8, 4) is 0 Å². The average molecular weight is 313 g/mol. The van der Waals surface area contributed by atoms with Gasteiger partial charge in [0, 0.05) is 44.6 Å². The second-order valence-electron chi connectivity index (χ2n) is 7.16. The molecule has 1 aromatic carbocycles. The topological polar surface area (TPSA) is 25.3 Å². The summed E-state index contributed by atoms with van der Waals surface area (Å²) in [4.78, 5) is 14.9. The fraction of sp³-hybridized carbons (Fsp3) is 0.611. The normalized spacial score (nSPS) is 35.1. The van der Waals surface area contributed by atoms with E-state index in [2.05, 4.69) is 63.9 Å². The number of aliphatic imine (C=N–C) groups is 1. The van der Waals surface area contributed by atoms with Gasteiger partial charge < -0.3 is 4.90 Å². The predicted octanol–water partition coefficient (Wildman–Crippen LogP) is 1.51. The Kier molecular flexibility index (Phi) is 3.87. The summed E-state index contributed by atoms with van der Waals surface area (Å²) < 4.78 is 0. The molecule has 4 aliphatic heterocycles. The van der Waals surface area contributed by atoms with Crippen LogP contribution in [0.4, 0.5) is 5.69 Å². The molecule has 23 heavy (non-hydrogen) atoms. The smallest absolute Gasteiger partial charge is 0.0989 e. The van der Waals surface area contributed by atoms with Crippen molar-refractivity contribution in [3.05, 3.63) is 29.8 Å². The van der Waals surface area contributed by atoms with E-state index in [1.54, 1.807) is 0 Å². The Hall–Kier alpha value is -1.43. The van der Waals surface area contributed by atoms with Gasteiger partial charge >= 0.3 is 0 Å². The van der Waals surface area contributed by atoms with Crippen LogP contribution in [0.5, 0.6) is 0 Å². The minimum absolute atomic E-state index is 0.0757. The second kappa shape index (κ2) is 5.89. The molecule has 4 aliphatic rings. The van der Waals surface area contributed by atoms with Crippen LogP contribution < -0.4 is 4.90 Å². The molecule has 5 heteroatoms. The standard InChI is InChI=1S/C18H27N5/c1-3-23(4-2)17-7-5-16(6-8-17)9-19-18-10-20-13-21(11-18)15-22(12-18)14-20/h5-9H,3-4,10-15H2,1-2H3. The van der Waals surface area contributed by atoms with E-state index in [1.807, 2.05) is 0 Å². The number of benzene rings is 1. The highest BCUT2D eigenvalue weighted by atomic mass is 15.6. The molecule has 4 fully saturated rings. The van der Waals surface area contributed by atoms with Crippen LogP contribution in [-0.4, -0.2) is 79.2 Å². The second-order valence-corrected chi connectivity index (χ2v) is 7.16. The van der Waals surface area contributed by atoms with E-state index in [9.17, 15) is 0 Å². The van der Waals surface area contributed by atoms with Gasteiger partial charge in [-0.25, -0.2) is 0 Å². The Balaban J connectivity index is 1.48. The van der Waals surface area contributed by atoms with Gasteiger partial charge in [0.25, 0.3) is 0 Å². The Morgan fingerprint density at radius 2 is 1.48 bits per heavy atom. The molecule has 124 valence electrons. The first-order valence-electron chi connectivity index (χ1n) is 8.77. The molecule has 0 spiro atoms. The summed E-state index contributed by atoms with van der Waals surface area (Å²) in [6.45, 7) is 13.2. The lowest BCUT2D eigenvalue weighted by Crippen LogP contribution is -2.75. The first kappa shape index (κ1) is 15.1. The van der Waals surface area contributed by atoms with Gasteiger partial charge in [-0.15, -0.1) is 0 Å². The molecule has 0 amide bonds. The molecular formula is C18H27N5. The van der Waals surface area contributed by atoms with Gasteiger partial charge in [0.1, 0.15) is 0 Å². The molecule has 0 N–H and O–H groups in total. The maximum absolute atomic E-state index is 5.04. The van der Waals surface area contributed by atoms with Crippen molar-refractivity contribution in [2.24, 2.45) is 4.99 Å². The van der Waals surface area contributed by atoms with Gasteiger partial charge in [-0.3, -0.25) is 19.7 Å². The first-order valence-corrected chi connectivity index (χ1v) is 8.77. The zero-order valence-corrected chi connectivity index (χ0v) is 14.3. The van der Waals surface area contributed by atoms with Crippen molar-refractivity contribution < 1.29 is 0 Å². The minimum atomic E-state index is 0.0757. The van der Waals surface area contributed by atoms with Crippen LogP contribution in [0.2, 0.25) is 0 Å². The summed E-state index contributed by atoms with van der Waals surface area (Å²) in [5.74, 6) is 0. The summed E-state index contributed by atoms with van der Waals surface area (Å²) in [6, 6.07) is 8.81. The molecule has 0 aliphatic carbocycles. The lowest BCUT2D eigenvalue weighted by atomic mass is 9.91. The predicted molar refractivity (Wildman–Crippen MR) is 95.0 cm³/mol. The van der Waals surface area contributed by atoms with Crippen molar-refractivity contribution in [1.29, 1.82) is 0 Å². The highest BCUT2D eigenvalue weighted by molar-refractivity contribution is 5.80. The molecule has 0 unspecified atom stereocenters. The molecule has 4 heterocycles. The summed E-state index contributed by atoms with van der Waals surface area (Å²) in [5.41, 5.74) is 2.58. The lowest BCUT2D eigenvalue weighted by Gasteiger charge is -2.59. The van der Waals surface area contributed by atoms with Gasteiger partial charge in [0.15, 0.2) is 0 Å². The molecule has 1 aromatic rings. The Labute approximate surface area is 139 Å². The highest BCUT2D eigenvalue weighted by Gasteiger charge is 2.48. The Bertz CT molecular complexity index is 540. The van der Waals surface area contributed by atoms with E-state index < -0.39 is 0 Å². The van der Waals surface area contributed by atoms with Crippen LogP contribution in [-0.2, 0) is 0 Å². The monoisotopic (exact) mass is 313 g/mol. The van der Waals surface area contributed by atoms with Crippen LogP contribution in [0.25, 0.3) is 0 Å². The summed E-state index contributed by atoms with van der Waals surface area (Å²) in [5, 5.41) is 0. The van der Waals surface area contributed by atoms with E-state index >= 15 is 0 Å². The van der Waals surface area contributed by atoms with Crippen molar-refractivity contribution in [1.82, 2.24) is 14.7 Å². The number of hydrogen-bond acceptors (Lipinski definition) is 5. The molecule has 5 nitrogen and oxygen atoms in total. The van der Waals surface area contributed by atoms with Gasteiger partial charge in [-0.2, -0.15) is 0 Å². The summed E-state index contributed by atoms with van der Waals surface area (Å²) in [7, 11) is 0. The number of hydrogen-bond donors (Lipinski definition) is 0. The van der Waals surface area contributed by atoms with Crippen molar-refractivity contribution in [2.45, 2.75) is 19.4 Å². The maximum atomic E-state index is 5.04. The van der Waals surface area contributed by atoms with Crippen LogP contribution >= 0.6 is 0 Å².